The number of para-hydroxylation sites is 1. The summed E-state index contributed by atoms with van der Waals surface area (Å²) in [6.45, 7) is 8.67. The van der Waals surface area contributed by atoms with E-state index in [1.165, 1.54) is 12.8 Å². The second-order valence-corrected chi connectivity index (χ2v) is 5.54. The lowest BCUT2D eigenvalue weighted by Gasteiger charge is -2.27. The lowest BCUT2D eigenvalue weighted by atomic mass is 10.0. The molecule has 0 aliphatic heterocycles. The maximum Gasteiger partial charge on any atom is 0.129 e. The van der Waals surface area contributed by atoms with Gasteiger partial charge in [0.25, 0.3) is 0 Å². The molecule has 1 heterocycles. The number of hydrogen-bond acceptors (Lipinski definition) is 3. The molecule has 0 bridgehead atoms. The maximum absolute atomic E-state index is 9.64. The average Bonchev–Trinajstić information content (AvgIpc) is 2.55. The topological polar surface area (TPSA) is 36.4 Å². The molecule has 3 heteroatoms. The fraction of sp³-hybridized carbons (Fsp3) is 0.500. The quantitative estimate of drug-likeness (QED) is 0.836. The summed E-state index contributed by atoms with van der Waals surface area (Å²) >= 11 is 0. The summed E-state index contributed by atoms with van der Waals surface area (Å²) in [5.41, 5.74) is 1.92. The van der Waals surface area contributed by atoms with E-state index in [4.69, 9.17) is 4.98 Å². The number of rotatable bonds is 7. The van der Waals surface area contributed by atoms with Crippen molar-refractivity contribution in [3.05, 3.63) is 35.9 Å². The number of fused-ring (bicyclic) bond motifs is 1. The van der Waals surface area contributed by atoms with E-state index in [9.17, 15) is 5.11 Å². The molecule has 2 rings (SSSR count). The minimum atomic E-state index is 0.0541. The lowest BCUT2D eigenvalue weighted by Crippen LogP contribution is -2.29. The zero-order valence-electron chi connectivity index (χ0n) is 13.3. The van der Waals surface area contributed by atoms with E-state index in [0.29, 0.717) is 5.92 Å². The monoisotopic (exact) mass is 286 g/mol. The number of aliphatic hydroxyl groups is 1. The summed E-state index contributed by atoms with van der Waals surface area (Å²) in [6, 6.07) is 10.1. The molecule has 0 aliphatic carbocycles. The molecule has 0 fully saturated rings. The van der Waals surface area contributed by atoms with E-state index in [1.54, 1.807) is 0 Å². The smallest absolute Gasteiger partial charge is 0.129 e. The van der Waals surface area contributed by atoms with Gasteiger partial charge in [0.15, 0.2) is 0 Å². The molecule has 0 saturated carbocycles. The third-order valence-electron chi connectivity index (χ3n) is 4.30. The Hall–Kier alpha value is -1.61. The predicted molar refractivity (Wildman–Crippen MR) is 89.6 cm³/mol. The summed E-state index contributed by atoms with van der Waals surface area (Å²) in [5, 5.41) is 10.7. The van der Waals surface area contributed by atoms with Gasteiger partial charge >= 0.3 is 0 Å². The second kappa shape index (κ2) is 7.41. The summed E-state index contributed by atoms with van der Waals surface area (Å²) in [7, 11) is 0. The molecule has 2 aromatic rings. The van der Waals surface area contributed by atoms with Crippen molar-refractivity contribution in [1.82, 2.24) is 4.98 Å². The molecular weight excluding hydrogens is 260 g/mol. The molecule has 0 spiro atoms. The van der Waals surface area contributed by atoms with Gasteiger partial charge < -0.3 is 10.0 Å². The lowest BCUT2D eigenvalue weighted by molar-refractivity contribution is 0.283. The van der Waals surface area contributed by atoms with Crippen molar-refractivity contribution in [2.75, 3.05) is 18.0 Å². The van der Waals surface area contributed by atoms with Gasteiger partial charge in [0.1, 0.15) is 5.82 Å². The number of hydrogen-bond donors (Lipinski definition) is 1. The molecule has 0 aliphatic rings. The maximum atomic E-state index is 9.64. The highest BCUT2D eigenvalue weighted by atomic mass is 16.3. The van der Waals surface area contributed by atoms with Gasteiger partial charge in [-0.25, -0.2) is 4.98 Å². The molecule has 1 aromatic carbocycles. The van der Waals surface area contributed by atoms with Crippen molar-refractivity contribution < 1.29 is 5.11 Å². The Balaban J connectivity index is 2.39. The largest absolute Gasteiger partial charge is 0.392 e. The van der Waals surface area contributed by atoms with Gasteiger partial charge in [0.2, 0.25) is 0 Å². The third kappa shape index (κ3) is 3.53. The second-order valence-electron chi connectivity index (χ2n) is 5.54. The molecule has 21 heavy (non-hydrogen) atoms. The number of nitrogens with zero attached hydrogens (tertiary/aromatic N) is 2. The Morgan fingerprint density at radius 2 is 1.86 bits per heavy atom. The molecule has 0 amide bonds. The van der Waals surface area contributed by atoms with E-state index < -0.39 is 0 Å². The fourth-order valence-electron chi connectivity index (χ4n) is 2.77. The number of aliphatic hydroxyl groups excluding tert-OH is 1. The van der Waals surface area contributed by atoms with E-state index in [-0.39, 0.29) is 6.61 Å². The van der Waals surface area contributed by atoms with Crippen LogP contribution in [0.4, 0.5) is 5.82 Å². The Labute approximate surface area is 127 Å². The van der Waals surface area contributed by atoms with Crippen LogP contribution in [0.15, 0.2) is 30.3 Å². The van der Waals surface area contributed by atoms with Crippen LogP contribution in [0, 0.1) is 5.92 Å². The molecule has 0 unspecified atom stereocenters. The Kier molecular flexibility index (Phi) is 5.57. The van der Waals surface area contributed by atoms with Gasteiger partial charge in [0.05, 0.1) is 12.1 Å². The van der Waals surface area contributed by atoms with Crippen LogP contribution in [0.3, 0.4) is 0 Å². The van der Waals surface area contributed by atoms with Crippen LogP contribution < -0.4 is 4.90 Å². The van der Waals surface area contributed by atoms with Crippen LogP contribution in [0.25, 0.3) is 10.9 Å². The van der Waals surface area contributed by atoms with Gasteiger partial charge in [-0.1, -0.05) is 44.9 Å². The van der Waals surface area contributed by atoms with E-state index in [2.05, 4.69) is 25.7 Å². The summed E-state index contributed by atoms with van der Waals surface area (Å²) in [4.78, 5) is 7.11. The zero-order valence-corrected chi connectivity index (χ0v) is 13.3. The number of anilines is 1. The minimum absolute atomic E-state index is 0.0541. The zero-order chi connectivity index (χ0) is 15.2. The first-order valence-electron chi connectivity index (χ1n) is 7.97. The van der Waals surface area contributed by atoms with Crippen LogP contribution in [0.1, 0.15) is 39.2 Å². The van der Waals surface area contributed by atoms with E-state index >= 15 is 0 Å². The Morgan fingerprint density at radius 3 is 2.48 bits per heavy atom. The SMILES string of the molecule is CCC(CC)CN(CC)c1cc(CO)c2ccccc2n1. The van der Waals surface area contributed by atoms with Crippen molar-refractivity contribution >= 4 is 16.7 Å². The molecule has 0 radical (unpaired) electrons. The molecule has 1 aromatic heterocycles. The summed E-state index contributed by atoms with van der Waals surface area (Å²) in [6.07, 6.45) is 2.38. The number of pyridine rings is 1. The Bertz CT molecular complexity index is 578. The van der Waals surface area contributed by atoms with Crippen LogP contribution in [-0.2, 0) is 6.61 Å². The van der Waals surface area contributed by atoms with Gasteiger partial charge in [-0.15, -0.1) is 0 Å². The van der Waals surface area contributed by atoms with Crippen molar-refractivity contribution in [1.29, 1.82) is 0 Å². The third-order valence-corrected chi connectivity index (χ3v) is 4.30. The summed E-state index contributed by atoms with van der Waals surface area (Å²) in [5.74, 6) is 1.67. The van der Waals surface area contributed by atoms with Crippen LogP contribution >= 0.6 is 0 Å². The normalized spacial score (nSPS) is 11.3. The van der Waals surface area contributed by atoms with Crippen molar-refractivity contribution in [3.63, 3.8) is 0 Å². The molecule has 0 atom stereocenters. The molecule has 1 N–H and O–H groups in total. The standard InChI is InChI=1S/C18H26N2O/c1-4-14(5-2)12-20(6-3)18-11-15(13-21)16-9-7-8-10-17(16)19-18/h7-11,14,21H,4-6,12-13H2,1-3H3. The van der Waals surface area contributed by atoms with Crippen molar-refractivity contribution in [2.24, 2.45) is 5.92 Å². The van der Waals surface area contributed by atoms with Gasteiger partial charge in [-0.05, 0) is 30.5 Å². The van der Waals surface area contributed by atoms with Gasteiger partial charge in [-0.2, -0.15) is 0 Å². The van der Waals surface area contributed by atoms with Crippen molar-refractivity contribution in [2.45, 2.75) is 40.2 Å². The van der Waals surface area contributed by atoms with Crippen LogP contribution in [-0.4, -0.2) is 23.2 Å². The first-order valence-corrected chi connectivity index (χ1v) is 7.97. The predicted octanol–water partition coefficient (Wildman–Crippen LogP) is 3.99. The fourth-order valence-corrected chi connectivity index (χ4v) is 2.77. The molecule has 114 valence electrons. The first kappa shape index (κ1) is 15.8. The molecular formula is C18H26N2O. The van der Waals surface area contributed by atoms with E-state index in [0.717, 1.165) is 35.4 Å². The van der Waals surface area contributed by atoms with Gasteiger partial charge in [-0.3, -0.25) is 0 Å². The van der Waals surface area contributed by atoms with E-state index in [1.807, 2.05) is 30.3 Å². The highest BCUT2D eigenvalue weighted by Gasteiger charge is 2.14. The van der Waals surface area contributed by atoms with Crippen molar-refractivity contribution in [3.8, 4) is 0 Å². The molecule has 3 nitrogen and oxygen atoms in total. The Morgan fingerprint density at radius 1 is 1.14 bits per heavy atom. The number of benzene rings is 1. The van der Waals surface area contributed by atoms with Crippen LogP contribution in [0.5, 0.6) is 0 Å². The minimum Gasteiger partial charge on any atom is -0.392 e. The highest BCUT2D eigenvalue weighted by molar-refractivity contribution is 5.84. The average molecular weight is 286 g/mol. The van der Waals surface area contributed by atoms with Crippen LogP contribution in [0.2, 0.25) is 0 Å². The first-order chi connectivity index (χ1) is 10.2. The summed E-state index contributed by atoms with van der Waals surface area (Å²) < 4.78 is 0. The van der Waals surface area contributed by atoms with Gasteiger partial charge in [0, 0.05) is 18.5 Å². The highest BCUT2D eigenvalue weighted by Crippen LogP contribution is 2.24. The molecule has 0 saturated heterocycles. The number of aromatic nitrogens is 1.